The zero-order valence-electron chi connectivity index (χ0n) is 21.5. The molecule has 2 aromatic carbocycles. The fourth-order valence-corrected chi connectivity index (χ4v) is 4.54. The van der Waals surface area contributed by atoms with Crippen LogP contribution >= 0.6 is 11.3 Å². The summed E-state index contributed by atoms with van der Waals surface area (Å²) >= 11 is 1.30. The highest BCUT2D eigenvalue weighted by Gasteiger charge is 2.26. The third-order valence-corrected chi connectivity index (χ3v) is 6.69. The Labute approximate surface area is 211 Å². The Morgan fingerprint density at radius 1 is 0.829 bits per heavy atom. The normalized spacial score (nSPS) is 12.2. The van der Waals surface area contributed by atoms with Gasteiger partial charge in [0.2, 0.25) is 11.0 Å². The lowest BCUT2D eigenvalue weighted by atomic mass is 9.93. The van der Waals surface area contributed by atoms with E-state index in [1.54, 1.807) is 0 Å². The number of aryl methyl sites for hydroxylation is 1. The molecule has 1 unspecified atom stereocenters. The molecule has 1 heterocycles. The molecule has 186 valence electrons. The molecule has 0 spiro atoms. The minimum absolute atomic E-state index is 0.129. The second-order valence-corrected chi connectivity index (χ2v) is 10.7. The number of hydrogen-bond acceptors (Lipinski definition) is 5. The Hall–Kier alpha value is -3.26. The monoisotopic (exact) mass is 493 g/mol. The van der Waals surface area contributed by atoms with Crippen LogP contribution in [0.25, 0.3) is 10.6 Å². The van der Waals surface area contributed by atoms with Gasteiger partial charge >= 0.3 is 6.03 Å². The summed E-state index contributed by atoms with van der Waals surface area (Å²) < 4.78 is 0. The number of benzene rings is 2. The summed E-state index contributed by atoms with van der Waals surface area (Å²) in [6.07, 6.45) is 0. The molecular formula is C27H35N5O2S. The van der Waals surface area contributed by atoms with E-state index in [1.165, 1.54) is 11.3 Å². The predicted molar refractivity (Wildman–Crippen MR) is 144 cm³/mol. The molecule has 0 aliphatic heterocycles. The van der Waals surface area contributed by atoms with Crippen LogP contribution in [0.15, 0.2) is 42.5 Å². The lowest BCUT2D eigenvalue weighted by Crippen LogP contribution is -2.48. The van der Waals surface area contributed by atoms with Gasteiger partial charge in [-0.05, 0) is 35.8 Å². The lowest BCUT2D eigenvalue weighted by molar-refractivity contribution is -0.118. The fraction of sp³-hybridized carbons (Fsp3) is 0.407. The van der Waals surface area contributed by atoms with E-state index in [0.29, 0.717) is 5.13 Å². The van der Waals surface area contributed by atoms with Crippen molar-refractivity contribution in [3.05, 3.63) is 59.2 Å². The highest BCUT2D eigenvalue weighted by atomic mass is 32.1. The number of nitrogens with one attached hydrogen (secondary N) is 3. The van der Waals surface area contributed by atoms with E-state index < -0.39 is 12.1 Å². The quantitative estimate of drug-likeness (QED) is 0.332. The van der Waals surface area contributed by atoms with Crippen LogP contribution in [-0.4, -0.2) is 28.2 Å². The molecule has 3 rings (SSSR count). The van der Waals surface area contributed by atoms with Gasteiger partial charge in [0.25, 0.3) is 0 Å². The van der Waals surface area contributed by atoms with Crippen LogP contribution in [0, 0.1) is 12.8 Å². The summed E-state index contributed by atoms with van der Waals surface area (Å²) in [5.74, 6) is 0.0276. The molecule has 8 heteroatoms. The summed E-state index contributed by atoms with van der Waals surface area (Å²) in [6, 6.07) is 12.9. The molecule has 0 radical (unpaired) electrons. The van der Waals surface area contributed by atoms with Gasteiger partial charge in [0, 0.05) is 11.3 Å². The Bertz CT molecular complexity index is 1140. The van der Waals surface area contributed by atoms with Crippen LogP contribution in [0.5, 0.6) is 0 Å². The van der Waals surface area contributed by atoms with Crippen LogP contribution < -0.4 is 16.0 Å². The van der Waals surface area contributed by atoms with E-state index in [-0.39, 0.29) is 23.7 Å². The lowest BCUT2D eigenvalue weighted by Gasteiger charge is -2.24. The van der Waals surface area contributed by atoms with Crippen molar-refractivity contribution in [3.8, 4) is 10.6 Å². The van der Waals surface area contributed by atoms with Gasteiger partial charge < -0.3 is 10.6 Å². The number of urea groups is 1. The minimum Gasteiger partial charge on any atom is -0.326 e. The van der Waals surface area contributed by atoms with E-state index in [4.69, 9.17) is 0 Å². The van der Waals surface area contributed by atoms with Crippen LogP contribution in [0.3, 0.4) is 0 Å². The van der Waals surface area contributed by atoms with Crippen LogP contribution in [0.1, 0.15) is 70.1 Å². The molecule has 0 fully saturated rings. The summed E-state index contributed by atoms with van der Waals surface area (Å²) in [5, 5.41) is 18.1. The Balaban J connectivity index is 1.73. The van der Waals surface area contributed by atoms with Gasteiger partial charge in [0.15, 0.2) is 0 Å². The van der Waals surface area contributed by atoms with E-state index in [2.05, 4.69) is 53.8 Å². The largest absolute Gasteiger partial charge is 0.326 e. The van der Waals surface area contributed by atoms with Crippen molar-refractivity contribution in [1.82, 2.24) is 15.5 Å². The highest BCUT2D eigenvalue weighted by molar-refractivity contribution is 7.18. The van der Waals surface area contributed by atoms with Gasteiger partial charge in [0.1, 0.15) is 11.0 Å². The van der Waals surface area contributed by atoms with Crippen molar-refractivity contribution in [2.24, 2.45) is 5.92 Å². The number of rotatable bonds is 8. The maximum absolute atomic E-state index is 13.1. The molecule has 0 saturated heterocycles. The average Bonchev–Trinajstić information content (AvgIpc) is 3.25. The first kappa shape index (κ1) is 26.3. The topological polar surface area (TPSA) is 96.0 Å². The van der Waals surface area contributed by atoms with E-state index in [1.807, 2.05) is 63.2 Å². The maximum atomic E-state index is 13.1. The number of carbonyl (C=O) groups is 2. The van der Waals surface area contributed by atoms with E-state index >= 15 is 0 Å². The second-order valence-electron chi connectivity index (χ2n) is 9.71. The summed E-state index contributed by atoms with van der Waals surface area (Å²) in [6.45, 7) is 14.2. The zero-order valence-corrected chi connectivity index (χ0v) is 22.3. The first-order valence-corrected chi connectivity index (χ1v) is 12.8. The zero-order chi connectivity index (χ0) is 25.7. The first-order chi connectivity index (χ1) is 16.6. The molecular weight excluding hydrogens is 458 g/mol. The molecule has 0 bridgehead atoms. The Morgan fingerprint density at radius 2 is 1.43 bits per heavy atom. The van der Waals surface area contributed by atoms with Gasteiger partial charge in [-0.15, -0.1) is 10.2 Å². The van der Waals surface area contributed by atoms with Crippen molar-refractivity contribution < 1.29 is 9.59 Å². The second kappa shape index (κ2) is 11.4. The molecule has 1 aromatic heterocycles. The van der Waals surface area contributed by atoms with E-state index in [9.17, 15) is 9.59 Å². The van der Waals surface area contributed by atoms with Gasteiger partial charge in [-0.2, -0.15) is 0 Å². The van der Waals surface area contributed by atoms with Crippen molar-refractivity contribution >= 4 is 34.1 Å². The van der Waals surface area contributed by atoms with Gasteiger partial charge in [-0.1, -0.05) is 101 Å². The SMILES string of the molecule is Cc1ccc(-c2nnc(NC(=O)C(NC(=O)Nc3c(C(C)C)cccc3C(C)C)C(C)C)s2)cc1. The molecule has 35 heavy (non-hydrogen) atoms. The molecule has 3 aromatic rings. The molecule has 7 nitrogen and oxygen atoms in total. The standard InChI is InChI=1S/C27H35N5O2S/c1-15(2)20-9-8-10-21(16(3)4)23(20)29-26(34)28-22(17(5)6)24(33)30-27-32-31-25(35-27)19-13-11-18(7)12-14-19/h8-17,22H,1-7H3,(H2,28,29,34)(H,30,32,33). The van der Waals surface area contributed by atoms with Crippen LogP contribution in [-0.2, 0) is 4.79 Å². The van der Waals surface area contributed by atoms with Crippen LogP contribution in [0.4, 0.5) is 15.6 Å². The van der Waals surface area contributed by atoms with Crippen molar-refractivity contribution in [2.75, 3.05) is 10.6 Å². The Morgan fingerprint density at radius 3 is 1.97 bits per heavy atom. The predicted octanol–water partition coefficient (Wildman–Crippen LogP) is 6.55. The molecule has 1 atom stereocenters. The first-order valence-electron chi connectivity index (χ1n) is 12.0. The van der Waals surface area contributed by atoms with Gasteiger partial charge in [-0.25, -0.2) is 4.79 Å². The van der Waals surface area contributed by atoms with E-state index in [0.717, 1.165) is 32.9 Å². The molecule has 0 aliphatic carbocycles. The smallest absolute Gasteiger partial charge is 0.319 e. The number of nitrogens with zero attached hydrogens (tertiary/aromatic N) is 2. The summed E-state index contributed by atoms with van der Waals surface area (Å²) in [5.41, 5.74) is 5.04. The minimum atomic E-state index is -0.740. The summed E-state index contributed by atoms with van der Waals surface area (Å²) in [4.78, 5) is 26.1. The number of carbonyl (C=O) groups excluding carboxylic acids is 2. The number of amides is 3. The highest BCUT2D eigenvalue weighted by Crippen LogP contribution is 2.32. The number of hydrogen-bond donors (Lipinski definition) is 3. The summed E-state index contributed by atoms with van der Waals surface area (Å²) in [7, 11) is 0. The van der Waals surface area contributed by atoms with Crippen LogP contribution in [0.2, 0.25) is 0 Å². The van der Waals surface area contributed by atoms with Gasteiger partial charge in [-0.3, -0.25) is 10.1 Å². The van der Waals surface area contributed by atoms with Crippen molar-refractivity contribution in [3.63, 3.8) is 0 Å². The van der Waals surface area contributed by atoms with Crippen molar-refractivity contribution in [1.29, 1.82) is 0 Å². The number of aromatic nitrogens is 2. The molecule has 0 aliphatic rings. The third kappa shape index (κ3) is 6.66. The molecule has 3 N–H and O–H groups in total. The molecule has 3 amide bonds. The van der Waals surface area contributed by atoms with Gasteiger partial charge in [0.05, 0.1) is 0 Å². The third-order valence-electron chi connectivity index (χ3n) is 5.80. The number of anilines is 2. The Kier molecular flexibility index (Phi) is 8.62. The fourth-order valence-electron chi connectivity index (χ4n) is 3.79. The number of para-hydroxylation sites is 1. The van der Waals surface area contributed by atoms with Crippen molar-refractivity contribution in [2.45, 2.75) is 66.3 Å². The molecule has 0 saturated carbocycles. The average molecular weight is 494 g/mol. The maximum Gasteiger partial charge on any atom is 0.319 e.